The van der Waals surface area contributed by atoms with Crippen LogP contribution in [-0.4, -0.2) is 5.91 Å². The Labute approximate surface area is 142 Å². The van der Waals surface area contributed by atoms with Crippen LogP contribution in [-0.2, 0) is 12.8 Å². The van der Waals surface area contributed by atoms with Gasteiger partial charge in [0.25, 0.3) is 5.91 Å². The smallest absolute Gasteiger partial charge is 0.256 e. The summed E-state index contributed by atoms with van der Waals surface area (Å²) in [4.78, 5) is 14.0. The summed E-state index contributed by atoms with van der Waals surface area (Å²) in [6.07, 6.45) is 3.16. The molecule has 1 aliphatic heterocycles. The molecule has 4 rings (SSSR count). The molecule has 0 radical (unpaired) electrons. The molecule has 1 aromatic carbocycles. The van der Waals surface area contributed by atoms with Gasteiger partial charge in [0.1, 0.15) is 11.2 Å². The van der Waals surface area contributed by atoms with Crippen LogP contribution in [0.2, 0.25) is 0 Å². The Morgan fingerprint density at radius 2 is 2.00 bits per heavy atom. The molecule has 0 bridgehead atoms. The quantitative estimate of drug-likeness (QED) is 0.769. The van der Waals surface area contributed by atoms with Crippen LogP contribution < -0.4 is 10.6 Å². The number of rotatable bonds is 1. The third kappa shape index (κ3) is 2.36. The molecule has 1 aromatic heterocycles. The Hall–Kier alpha value is -1.33. The predicted molar refractivity (Wildman–Crippen MR) is 93.5 cm³/mol. The van der Waals surface area contributed by atoms with E-state index < -0.39 is 0 Å². The molecule has 0 saturated heterocycles. The molecular weight excluding hydrogens is 360 g/mol. The van der Waals surface area contributed by atoms with Crippen molar-refractivity contribution in [3.63, 3.8) is 0 Å². The zero-order chi connectivity index (χ0) is 15.3. The topological polar surface area (TPSA) is 41.1 Å². The molecule has 0 spiro atoms. The number of thiophene rings is 1. The van der Waals surface area contributed by atoms with Crippen LogP contribution in [0.3, 0.4) is 0 Å². The maximum atomic E-state index is 12.6. The second-order valence-electron chi connectivity index (χ2n) is 6.16. The van der Waals surface area contributed by atoms with Crippen LogP contribution in [0.4, 0.5) is 5.00 Å². The number of carbonyl (C=O) groups excluding carboxylic acids is 1. The van der Waals surface area contributed by atoms with E-state index in [0.717, 1.165) is 39.4 Å². The molecule has 2 atom stereocenters. The van der Waals surface area contributed by atoms with Crippen molar-refractivity contribution < 1.29 is 4.79 Å². The van der Waals surface area contributed by atoms with Crippen LogP contribution in [0.15, 0.2) is 28.7 Å². The van der Waals surface area contributed by atoms with E-state index in [1.165, 1.54) is 16.9 Å². The molecule has 114 valence electrons. The van der Waals surface area contributed by atoms with Crippen molar-refractivity contribution in [3.8, 4) is 0 Å². The summed E-state index contributed by atoms with van der Waals surface area (Å²) in [7, 11) is 0. The summed E-state index contributed by atoms with van der Waals surface area (Å²) < 4.78 is 1.04. The summed E-state index contributed by atoms with van der Waals surface area (Å²) in [6, 6.07) is 8.06. The third-order valence-electron chi connectivity index (χ3n) is 4.49. The minimum Gasteiger partial charge on any atom is -0.353 e. The van der Waals surface area contributed by atoms with Gasteiger partial charge in [-0.3, -0.25) is 4.79 Å². The van der Waals surface area contributed by atoms with Gasteiger partial charge < -0.3 is 10.6 Å². The molecule has 0 fully saturated rings. The van der Waals surface area contributed by atoms with Gasteiger partial charge in [-0.1, -0.05) is 35.0 Å². The normalized spacial score (nSPS) is 23.3. The second kappa shape index (κ2) is 5.39. The first-order valence-electron chi connectivity index (χ1n) is 7.59. The standard InChI is InChI=1S/C17H17BrN2OS/c1-9-2-7-12-13(8-9)22-17-14(12)16(21)19-15(20-17)10-3-5-11(18)6-4-10/h3-6,9,15,20H,2,7-8H2,1H3,(H,19,21)/t9-,15+/m1/s1. The maximum absolute atomic E-state index is 12.6. The van der Waals surface area contributed by atoms with Crippen molar-refractivity contribution in [3.05, 3.63) is 50.3 Å². The molecule has 3 nitrogen and oxygen atoms in total. The van der Waals surface area contributed by atoms with E-state index >= 15 is 0 Å². The Kier molecular flexibility index (Phi) is 3.50. The van der Waals surface area contributed by atoms with Crippen molar-refractivity contribution in [2.75, 3.05) is 5.32 Å². The van der Waals surface area contributed by atoms with Crippen molar-refractivity contribution in [1.82, 2.24) is 5.32 Å². The molecule has 0 saturated carbocycles. The molecule has 2 heterocycles. The molecule has 2 N–H and O–H groups in total. The second-order valence-corrected chi connectivity index (χ2v) is 8.18. The molecule has 0 unspecified atom stereocenters. The lowest BCUT2D eigenvalue weighted by atomic mass is 9.88. The van der Waals surface area contributed by atoms with Gasteiger partial charge in [-0.2, -0.15) is 0 Å². The lowest BCUT2D eigenvalue weighted by molar-refractivity contribution is 0.0935. The fraction of sp³-hybridized carbons (Fsp3) is 0.353. The predicted octanol–water partition coefficient (Wildman–Crippen LogP) is 4.49. The van der Waals surface area contributed by atoms with Gasteiger partial charge in [0.15, 0.2) is 0 Å². The first-order chi connectivity index (χ1) is 10.6. The largest absolute Gasteiger partial charge is 0.353 e. The molecule has 22 heavy (non-hydrogen) atoms. The van der Waals surface area contributed by atoms with Gasteiger partial charge in [-0.25, -0.2) is 0 Å². The van der Waals surface area contributed by atoms with Crippen LogP contribution in [0.1, 0.15) is 45.9 Å². The number of nitrogens with one attached hydrogen (secondary N) is 2. The van der Waals surface area contributed by atoms with E-state index in [0.29, 0.717) is 0 Å². The Morgan fingerprint density at radius 1 is 1.23 bits per heavy atom. The molecule has 2 aromatic rings. The van der Waals surface area contributed by atoms with E-state index in [4.69, 9.17) is 0 Å². The molecule has 1 aliphatic carbocycles. The van der Waals surface area contributed by atoms with Crippen LogP contribution in [0.25, 0.3) is 0 Å². The van der Waals surface area contributed by atoms with E-state index in [-0.39, 0.29) is 12.1 Å². The zero-order valence-electron chi connectivity index (χ0n) is 12.3. The fourth-order valence-electron chi connectivity index (χ4n) is 3.28. The maximum Gasteiger partial charge on any atom is 0.256 e. The van der Waals surface area contributed by atoms with E-state index in [1.807, 2.05) is 24.3 Å². The summed E-state index contributed by atoms with van der Waals surface area (Å²) in [5, 5.41) is 7.64. The van der Waals surface area contributed by atoms with Gasteiger partial charge in [-0.15, -0.1) is 11.3 Å². The Balaban J connectivity index is 1.69. The van der Waals surface area contributed by atoms with Gasteiger partial charge in [0.2, 0.25) is 0 Å². The van der Waals surface area contributed by atoms with Crippen LogP contribution in [0.5, 0.6) is 0 Å². The lowest BCUT2D eigenvalue weighted by Crippen LogP contribution is -2.38. The number of hydrogen-bond donors (Lipinski definition) is 2. The number of hydrogen-bond acceptors (Lipinski definition) is 3. The van der Waals surface area contributed by atoms with E-state index in [2.05, 4.69) is 33.5 Å². The summed E-state index contributed by atoms with van der Waals surface area (Å²) >= 11 is 5.21. The van der Waals surface area contributed by atoms with Crippen LogP contribution in [0, 0.1) is 5.92 Å². The van der Waals surface area contributed by atoms with Crippen molar-refractivity contribution in [2.24, 2.45) is 5.92 Å². The van der Waals surface area contributed by atoms with Crippen molar-refractivity contribution >= 4 is 38.2 Å². The third-order valence-corrected chi connectivity index (χ3v) is 6.21. The number of fused-ring (bicyclic) bond motifs is 3. The number of amides is 1. The number of anilines is 1. The Bertz CT molecular complexity index is 738. The summed E-state index contributed by atoms with van der Waals surface area (Å²) in [6.45, 7) is 2.29. The van der Waals surface area contributed by atoms with Gasteiger partial charge in [-0.05, 0) is 48.4 Å². The zero-order valence-corrected chi connectivity index (χ0v) is 14.7. The first-order valence-corrected chi connectivity index (χ1v) is 9.20. The minimum absolute atomic E-state index is 0.0636. The lowest BCUT2D eigenvalue weighted by Gasteiger charge is -2.27. The van der Waals surface area contributed by atoms with Crippen molar-refractivity contribution in [1.29, 1.82) is 0 Å². The summed E-state index contributed by atoms with van der Waals surface area (Å²) in [5.41, 5.74) is 3.24. The highest BCUT2D eigenvalue weighted by Gasteiger charge is 2.32. The Morgan fingerprint density at radius 3 is 2.77 bits per heavy atom. The summed E-state index contributed by atoms with van der Waals surface area (Å²) in [5.74, 6) is 0.784. The highest BCUT2D eigenvalue weighted by molar-refractivity contribution is 9.10. The molecular formula is C17H17BrN2OS. The number of carbonyl (C=O) groups is 1. The van der Waals surface area contributed by atoms with Gasteiger partial charge in [0, 0.05) is 9.35 Å². The van der Waals surface area contributed by atoms with Gasteiger partial charge in [0.05, 0.1) is 5.56 Å². The monoisotopic (exact) mass is 376 g/mol. The average molecular weight is 377 g/mol. The van der Waals surface area contributed by atoms with Crippen LogP contribution >= 0.6 is 27.3 Å². The SMILES string of the molecule is C[C@@H]1CCc2c(sc3c2C(=O)N[C@H](c2ccc(Br)cc2)N3)C1. The fourth-order valence-corrected chi connectivity index (χ4v) is 4.99. The highest BCUT2D eigenvalue weighted by Crippen LogP contribution is 2.42. The number of benzene rings is 1. The van der Waals surface area contributed by atoms with Crippen molar-refractivity contribution in [2.45, 2.75) is 32.4 Å². The average Bonchev–Trinajstić information content (AvgIpc) is 2.85. The first kappa shape index (κ1) is 14.3. The van der Waals surface area contributed by atoms with E-state index in [1.54, 1.807) is 11.3 Å². The van der Waals surface area contributed by atoms with E-state index in [9.17, 15) is 4.79 Å². The minimum atomic E-state index is -0.148. The molecule has 1 amide bonds. The molecule has 2 aliphatic rings. The molecule has 5 heteroatoms. The highest BCUT2D eigenvalue weighted by atomic mass is 79.9. The van der Waals surface area contributed by atoms with Gasteiger partial charge >= 0.3 is 0 Å². The number of halogens is 1.